The predicted octanol–water partition coefficient (Wildman–Crippen LogP) is 2.94. The number of thioether (sulfide) groups is 1. The third kappa shape index (κ3) is 6.24. The summed E-state index contributed by atoms with van der Waals surface area (Å²) in [6, 6.07) is 2.62. The molecule has 2 rings (SSSR count). The number of carbonyl (C=O) groups excluding carboxylic acids is 1. The van der Waals surface area contributed by atoms with Crippen molar-refractivity contribution in [2.75, 3.05) is 30.0 Å². The third-order valence-electron chi connectivity index (χ3n) is 5.00. The van der Waals surface area contributed by atoms with Crippen molar-refractivity contribution in [1.29, 1.82) is 0 Å². The van der Waals surface area contributed by atoms with Crippen molar-refractivity contribution in [2.45, 2.75) is 50.3 Å². The molecule has 11 heteroatoms. The molecule has 1 amide bonds. The minimum atomic E-state index is -3.93. The summed E-state index contributed by atoms with van der Waals surface area (Å²) < 4.78 is 31.3. The molecule has 0 heterocycles. The highest BCUT2D eigenvalue weighted by atomic mass is 32.2. The monoisotopic (exact) mass is 459 g/mol. The zero-order valence-electron chi connectivity index (χ0n) is 17.5. The lowest BCUT2D eigenvalue weighted by Gasteiger charge is -2.31. The van der Waals surface area contributed by atoms with E-state index in [1.54, 1.807) is 6.92 Å². The largest absolute Gasteiger partial charge is 0.495 e. The van der Waals surface area contributed by atoms with Gasteiger partial charge < -0.3 is 10.1 Å². The second-order valence-corrected chi connectivity index (χ2v) is 10.4. The lowest BCUT2D eigenvalue weighted by molar-refractivity contribution is -0.384. The van der Waals surface area contributed by atoms with Gasteiger partial charge in [0.1, 0.15) is 17.5 Å². The highest BCUT2D eigenvalue weighted by Crippen LogP contribution is 2.35. The number of hydrogen-bond acceptors (Lipinski definition) is 7. The number of methoxy groups -OCH3 is 1. The molecule has 1 fully saturated rings. The van der Waals surface area contributed by atoms with Crippen LogP contribution in [0.25, 0.3) is 0 Å². The summed E-state index contributed by atoms with van der Waals surface area (Å²) >= 11 is 1.83. The first-order valence-corrected chi connectivity index (χ1v) is 12.8. The van der Waals surface area contributed by atoms with Crippen molar-refractivity contribution < 1.29 is 22.9 Å². The molecule has 30 heavy (non-hydrogen) atoms. The van der Waals surface area contributed by atoms with E-state index in [0.717, 1.165) is 22.4 Å². The number of nitro groups is 1. The van der Waals surface area contributed by atoms with Crippen molar-refractivity contribution in [1.82, 2.24) is 5.32 Å². The van der Waals surface area contributed by atoms with E-state index in [0.29, 0.717) is 11.8 Å². The number of nitrogens with zero attached hydrogens (tertiary/aromatic N) is 2. The minimum absolute atomic E-state index is 0.0310. The molecule has 0 aliphatic heterocycles. The maximum Gasteiger partial charge on any atom is 0.271 e. The number of hydrogen-bond donors (Lipinski definition) is 1. The number of sulfonamides is 1. The average Bonchev–Trinajstić information content (AvgIpc) is 3.21. The van der Waals surface area contributed by atoms with E-state index in [2.05, 4.69) is 5.32 Å². The number of anilines is 1. The van der Waals surface area contributed by atoms with Crippen LogP contribution in [0.1, 0.15) is 39.0 Å². The number of ether oxygens (including phenoxy) is 1. The maximum atomic E-state index is 12.8. The van der Waals surface area contributed by atoms with Crippen LogP contribution in [0.15, 0.2) is 18.2 Å². The molecule has 168 valence electrons. The molecule has 0 radical (unpaired) electrons. The number of amides is 1. The maximum absolute atomic E-state index is 12.8. The van der Waals surface area contributed by atoms with Gasteiger partial charge in [0, 0.05) is 29.7 Å². The SMILES string of the molecule is CC[C@H](C(=O)NCCSC1CCCC1)N(c1cc([N+](=O)[O-])ccc1OC)S(C)(=O)=O. The van der Waals surface area contributed by atoms with E-state index < -0.39 is 26.9 Å². The van der Waals surface area contributed by atoms with Crippen LogP contribution in [-0.2, 0) is 14.8 Å². The van der Waals surface area contributed by atoms with Gasteiger partial charge in [-0.2, -0.15) is 11.8 Å². The summed E-state index contributed by atoms with van der Waals surface area (Å²) in [6.07, 6.45) is 6.06. The van der Waals surface area contributed by atoms with Gasteiger partial charge >= 0.3 is 0 Å². The quantitative estimate of drug-likeness (QED) is 0.307. The van der Waals surface area contributed by atoms with Gasteiger partial charge in [-0.05, 0) is 25.3 Å². The van der Waals surface area contributed by atoms with Gasteiger partial charge in [-0.1, -0.05) is 19.8 Å². The van der Waals surface area contributed by atoms with E-state index in [9.17, 15) is 23.3 Å². The second-order valence-electron chi connectivity index (χ2n) is 7.16. The van der Waals surface area contributed by atoms with Crippen LogP contribution in [0.5, 0.6) is 5.75 Å². The van der Waals surface area contributed by atoms with Crippen molar-refractivity contribution in [3.8, 4) is 5.75 Å². The molecule has 1 N–H and O–H groups in total. The van der Waals surface area contributed by atoms with Crippen LogP contribution in [0.2, 0.25) is 0 Å². The zero-order chi connectivity index (χ0) is 22.3. The summed E-state index contributed by atoms with van der Waals surface area (Å²) in [5, 5.41) is 14.6. The first-order chi connectivity index (χ1) is 14.2. The third-order valence-corrected chi connectivity index (χ3v) is 7.55. The second kappa shape index (κ2) is 10.9. The summed E-state index contributed by atoms with van der Waals surface area (Å²) in [4.78, 5) is 23.4. The van der Waals surface area contributed by atoms with Crippen LogP contribution >= 0.6 is 11.8 Å². The molecule has 0 bridgehead atoms. The number of nitro benzene ring substituents is 1. The first kappa shape index (κ1) is 24.3. The van der Waals surface area contributed by atoms with Gasteiger partial charge in [-0.25, -0.2) is 8.42 Å². The average molecular weight is 460 g/mol. The number of nitrogens with one attached hydrogen (secondary N) is 1. The van der Waals surface area contributed by atoms with Crippen molar-refractivity contribution in [3.63, 3.8) is 0 Å². The van der Waals surface area contributed by atoms with Crippen LogP contribution in [-0.4, -0.2) is 56.2 Å². The standard InChI is InChI=1S/C19H29N3O6S2/c1-4-16(19(23)20-11-12-29-15-7-5-6-8-15)21(30(3,26)27)17-13-14(22(24)25)9-10-18(17)28-2/h9-10,13,15-16H,4-8,11-12H2,1-3H3,(H,20,23)/t16-/m1/s1. The van der Waals surface area contributed by atoms with E-state index in [1.807, 2.05) is 11.8 Å². The Balaban J connectivity index is 2.22. The van der Waals surface area contributed by atoms with E-state index in [4.69, 9.17) is 4.74 Å². The fourth-order valence-corrected chi connectivity index (χ4v) is 6.00. The molecule has 0 aromatic heterocycles. The fraction of sp³-hybridized carbons (Fsp3) is 0.632. The van der Waals surface area contributed by atoms with Gasteiger partial charge in [-0.15, -0.1) is 0 Å². The van der Waals surface area contributed by atoms with Crippen molar-refractivity contribution in [3.05, 3.63) is 28.3 Å². The van der Waals surface area contributed by atoms with Gasteiger partial charge in [-0.3, -0.25) is 19.2 Å². The van der Waals surface area contributed by atoms with Crippen molar-refractivity contribution in [2.24, 2.45) is 0 Å². The lowest BCUT2D eigenvalue weighted by Crippen LogP contribution is -2.49. The molecule has 1 aliphatic rings. The molecule has 1 aliphatic carbocycles. The summed E-state index contributed by atoms with van der Waals surface area (Å²) in [5.74, 6) is 0.448. The predicted molar refractivity (Wildman–Crippen MR) is 119 cm³/mol. The smallest absolute Gasteiger partial charge is 0.271 e. The molecule has 0 spiro atoms. The molecular formula is C19H29N3O6S2. The Morgan fingerprint density at radius 3 is 2.60 bits per heavy atom. The lowest BCUT2D eigenvalue weighted by atomic mass is 10.1. The normalized spacial score (nSPS) is 15.6. The van der Waals surface area contributed by atoms with E-state index in [1.165, 1.54) is 44.9 Å². The number of carbonyl (C=O) groups is 1. The minimum Gasteiger partial charge on any atom is -0.495 e. The van der Waals surface area contributed by atoms with E-state index >= 15 is 0 Å². The molecule has 1 aromatic carbocycles. The molecule has 1 saturated carbocycles. The van der Waals surface area contributed by atoms with Crippen LogP contribution in [0, 0.1) is 10.1 Å². The molecule has 1 atom stereocenters. The Kier molecular flexibility index (Phi) is 8.78. The fourth-order valence-electron chi connectivity index (χ4n) is 3.57. The summed E-state index contributed by atoms with van der Waals surface area (Å²) in [7, 11) is -2.59. The molecule has 0 saturated heterocycles. The number of rotatable bonds is 11. The van der Waals surface area contributed by atoms with Crippen molar-refractivity contribution >= 4 is 39.1 Å². The molecule has 9 nitrogen and oxygen atoms in total. The number of benzene rings is 1. The van der Waals surface area contributed by atoms with Crippen LogP contribution in [0.3, 0.4) is 0 Å². The highest BCUT2D eigenvalue weighted by Gasteiger charge is 2.34. The molecular weight excluding hydrogens is 430 g/mol. The van der Waals surface area contributed by atoms with Crippen LogP contribution in [0.4, 0.5) is 11.4 Å². The summed E-state index contributed by atoms with van der Waals surface area (Å²) in [6.45, 7) is 2.12. The van der Waals surface area contributed by atoms with Gasteiger partial charge in [0.15, 0.2) is 0 Å². The van der Waals surface area contributed by atoms with Gasteiger partial charge in [0.05, 0.1) is 18.3 Å². The topological polar surface area (TPSA) is 119 Å². The Hall–Kier alpha value is -2.01. The molecule has 1 aromatic rings. The Morgan fingerprint density at radius 2 is 2.07 bits per heavy atom. The summed E-state index contributed by atoms with van der Waals surface area (Å²) in [5.41, 5.74) is -0.320. The Labute approximate surface area is 181 Å². The Bertz CT molecular complexity index is 856. The van der Waals surface area contributed by atoms with Gasteiger partial charge in [0.25, 0.3) is 5.69 Å². The van der Waals surface area contributed by atoms with Crippen LogP contribution < -0.4 is 14.4 Å². The zero-order valence-corrected chi connectivity index (χ0v) is 19.1. The first-order valence-electron chi connectivity index (χ1n) is 9.90. The molecule has 0 unspecified atom stereocenters. The highest BCUT2D eigenvalue weighted by molar-refractivity contribution is 7.99. The number of non-ortho nitro benzene ring substituents is 1. The Morgan fingerprint density at radius 1 is 1.40 bits per heavy atom. The van der Waals surface area contributed by atoms with Gasteiger partial charge in [0.2, 0.25) is 15.9 Å². The van der Waals surface area contributed by atoms with E-state index in [-0.39, 0.29) is 23.5 Å².